The minimum absolute atomic E-state index is 0.266. The summed E-state index contributed by atoms with van der Waals surface area (Å²) >= 11 is 1.12. The molecule has 0 fully saturated rings. The van der Waals surface area contributed by atoms with Crippen molar-refractivity contribution in [2.24, 2.45) is 4.99 Å². The lowest BCUT2D eigenvalue weighted by atomic mass is 10.2. The van der Waals surface area contributed by atoms with Crippen molar-refractivity contribution in [1.29, 1.82) is 0 Å². The molecule has 0 unspecified atom stereocenters. The number of benzene rings is 1. The summed E-state index contributed by atoms with van der Waals surface area (Å²) in [6.07, 6.45) is 3.35. The zero-order valence-electron chi connectivity index (χ0n) is 13.5. The number of amides is 2. The van der Waals surface area contributed by atoms with Crippen molar-refractivity contribution in [3.8, 4) is 11.5 Å². The molecule has 1 heterocycles. The van der Waals surface area contributed by atoms with Crippen LogP contribution in [0, 0.1) is 0 Å². The van der Waals surface area contributed by atoms with Gasteiger partial charge in [-0.15, -0.1) is 0 Å². The average Bonchev–Trinajstić information content (AvgIpc) is 2.85. The Hall–Kier alpha value is -2.54. The predicted octanol–water partition coefficient (Wildman–Crippen LogP) is 2.76. The zero-order chi connectivity index (χ0) is 17.5. The topological polar surface area (TPSA) is 77.0 Å². The molecule has 126 valence electrons. The van der Waals surface area contributed by atoms with E-state index in [0.29, 0.717) is 29.6 Å². The van der Waals surface area contributed by atoms with E-state index in [1.54, 1.807) is 24.3 Å². The van der Waals surface area contributed by atoms with Gasteiger partial charge < -0.3 is 14.8 Å². The molecule has 0 saturated carbocycles. The molecule has 0 spiro atoms. The second kappa shape index (κ2) is 8.35. The lowest BCUT2D eigenvalue weighted by Crippen LogP contribution is -2.23. The van der Waals surface area contributed by atoms with E-state index in [1.165, 1.54) is 6.92 Å². The summed E-state index contributed by atoms with van der Waals surface area (Å²) in [6, 6.07) is 5.39. The molecule has 1 aromatic carbocycles. The molecule has 0 aromatic heterocycles. The van der Waals surface area contributed by atoms with Gasteiger partial charge in [0.25, 0.3) is 5.91 Å². The molecule has 2 rings (SSSR count). The van der Waals surface area contributed by atoms with Gasteiger partial charge in [0.1, 0.15) is 6.61 Å². The number of carbonyl (C=O) groups excluding carboxylic acids is 2. The number of aliphatic imine (C=N–C) groups is 1. The van der Waals surface area contributed by atoms with Gasteiger partial charge in [-0.3, -0.25) is 9.59 Å². The van der Waals surface area contributed by atoms with Crippen LogP contribution in [0.1, 0.15) is 19.4 Å². The van der Waals surface area contributed by atoms with E-state index < -0.39 is 0 Å². The summed E-state index contributed by atoms with van der Waals surface area (Å²) in [5, 5.41) is 2.80. The van der Waals surface area contributed by atoms with Crippen molar-refractivity contribution >= 4 is 34.8 Å². The molecular formula is C17H18N2O4S. The fraction of sp³-hybridized carbons (Fsp3) is 0.235. The van der Waals surface area contributed by atoms with Gasteiger partial charge in [0.05, 0.1) is 11.5 Å². The van der Waals surface area contributed by atoms with Crippen molar-refractivity contribution < 1.29 is 19.1 Å². The minimum Gasteiger partial charge on any atom is -0.490 e. The number of carbonyl (C=O) groups is 2. The first kappa shape index (κ1) is 17.8. The lowest BCUT2D eigenvalue weighted by Gasteiger charge is -2.11. The third-order valence-corrected chi connectivity index (χ3v) is 3.72. The molecule has 0 aliphatic carbocycles. The van der Waals surface area contributed by atoms with Crippen molar-refractivity contribution in [2.45, 2.75) is 13.8 Å². The van der Waals surface area contributed by atoms with Gasteiger partial charge >= 0.3 is 0 Å². The van der Waals surface area contributed by atoms with Gasteiger partial charge in [-0.25, -0.2) is 0 Å². The Labute approximate surface area is 144 Å². The molecular weight excluding hydrogens is 328 g/mol. The minimum atomic E-state index is -0.381. The maximum atomic E-state index is 11.9. The standard InChI is InChI=1S/C17H18N2O4S/c1-4-8-23-13-7-6-12(9-14(13)22-5-2)10-15-16(21)19-17(24-15)18-11(3)20/h4,6-7,9-10H,1,5,8H2,2-3H3,(H,18,19,20,21). The number of nitrogens with one attached hydrogen (secondary N) is 1. The second-order valence-corrected chi connectivity index (χ2v) is 5.78. The van der Waals surface area contributed by atoms with Gasteiger partial charge in [-0.1, -0.05) is 18.7 Å². The molecule has 0 bridgehead atoms. The van der Waals surface area contributed by atoms with Crippen LogP contribution in [0.4, 0.5) is 0 Å². The fourth-order valence-corrected chi connectivity index (χ4v) is 2.77. The molecule has 0 atom stereocenters. The zero-order valence-corrected chi connectivity index (χ0v) is 14.3. The first-order chi connectivity index (χ1) is 11.5. The first-order valence-corrected chi connectivity index (χ1v) is 8.15. The van der Waals surface area contributed by atoms with E-state index in [0.717, 1.165) is 17.3 Å². The summed E-state index contributed by atoms with van der Waals surface area (Å²) in [5.74, 6) is 0.554. The normalized spacial score (nSPS) is 15.2. The number of hydrogen-bond acceptors (Lipinski definition) is 5. The number of ether oxygens (including phenoxy) is 2. The van der Waals surface area contributed by atoms with Crippen molar-refractivity contribution in [1.82, 2.24) is 5.32 Å². The molecule has 6 nitrogen and oxygen atoms in total. The number of amidine groups is 1. The molecule has 1 aromatic rings. The summed E-state index contributed by atoms with van der Waals surface area (Å²) < 4.78 is 11.1. The number of hydrogen-bond donors (Lipinski definition) is 1. The van der Waals surface area contributed by atoms with E-state index in [2.05, 4.69) is 16.9 Å². The highest BCUT2D eigenvalue weighted by Gasteiger charge is 2.22. The first-order valence-electron chi connectivity index (χ1n) is 7.34. The largest absolute Gasteiger partial charge is 0.490 e. The van der Waals surface area contributed by atoms with Crippen LogP contribution in [0.15, 0.2) is 40.8 Å². The molecule has 0 radical (unpaired) electrons. The van der Waals surface area contributed by atoms with Gasteiger partial charge in [0.15, 0.2) is 16.7 Å². The van der Waals surface area contributed by atoms with Crippen molar-refractivity contribution in [3.63, 3.8) is 0 Å². The Kier molecular flexibility index (Phi) is 6.20. The van der Waals surface area contributed by atoms with E-state index in [-0.39, 0.29) is 17.0 Å². The molecule has 7 heteroatoms. The Morgan fingerprint density at radius 2 is 2.17 bits per heavy atom. The number of rotatable bonds is 6. The van der Waals surface area contributed by atoms with Crippen molar-refractivity contribution in [3.05, 3.63) is 41.3 Å². The fourth-order valence-electron chi connectivity index (χ4n) is 1.92. The van der Waals surface area contributed by atoms with Gasteiger partial charge in [-0.2, -0.15) is 4.99 Å². The van der Waals surface area contributed by atoms with E-state index in [4.69, 9.17) is 9.47 Å². The number of thioether (sulfide) groups is 1. The average molecular weight is 346 g/mol. The highest BCUT2D eigenvalue weighted by atomic mass is 32.2. The Bertz CT molecular complexity index is 725. The van der Waals surface area contributed by atoms with Gasteiger partial charge in [0.2, 0.25) is 5.91 Å². The highest BCUT2D eigenvalue weighted by molar-refractivity contribution is 8.18. The van der Waals surface area contributed by atoms with E-state index in [1.807, 2.05) is 13.0 Å². The van der Waals surface area contributed by atoms with Crippen LogP contribution in [0.5, 0.6) is 11.5 Å². The highest BCUT2D eigenvalue weighted by Crippen LogP contribution is 2.32. The molecule has 2 amide bonds. The second-order valence-electron chi connectivity index (χ2n) is 4.75. The quantitative estimate of drug-likeness (QED) is 0.633. The number of nitrogens with zero attached hydrogens (tertiary/aromatic N) is 1. The van der Waals surface area contributed by atoms with Crippen LogP contribution < -0.4 is 14.8 Å². The molecule has 0 saturated heterocycles. The van der Waals surface area contributed by atoms with Crippen LogP contribution in [-0.4, -0.2) is 30.2 Å². The third kappa shape index (κ3) is 4.73. The molecule has 24 heavy (non-hydrogen) atoms. The summed E-state index contributed by atoms with van der Waals surface area (Å²) in [4.78, 5) is 27.2. The SMILES string of the molecule is C=CCOc1ccc(C=C2SC(NC(C)=O)=NC2=O)cc1OCC. The summed E-state index contributed by atoms with van der Waals surface area (Å²) in [5.41, 5.74) is 0.777. The Morgan fingerprint density at radius 1 is 1.38 bits per heavy atom. The van der Waals surface area contributed by atoms with Crippen molar-refractivity contribution in [2.75, 3.05) is 13.2 Å². The summed E-state index contributed by atoms with van der Waals surface area (Å²) in [7, 11) is 0. The molecule has 1 aliphatic rings. The van der Waals surface area contributed by atoms with E-state index >= 15 is 0 Å². The van der Waals surface area contributed by atoms with Crippen LogP contribution in [-0.2, 0) is 9.59 Å². The monoisotopic (exact) mass is 346 g/mol. The maximum absolute atomic E-state index is 11.9. The van der Waals surface area contributed by atoms with Gasteiger partial charge in [0, 0.05) is 6.92 Å². The smallest absolute Gasteiger partial charge is 0.286 e. The molecule has 1 N–H and O–H groups in total. The third-order valence-electron chi connectivity index (χ3n) is 2.83. The van der Waals surface area contributed by atoms with E-state index in [9.17, 15) is 9.59 Å². The Morgan fingerprint density at radius 3 is 2.83 bits per heavy atom. The maximum Gasteiger partial charge on any atom is 0.286 e. The van der Waals surface area contributed by atoms with Crippen LogP contribution >= 0.6 is 11.8 Å². The van der Waals surface area contributed by atoms with Crippen LogP contribution in [0.3, 0.4) is 0 Å². The Balaban J connectivity index is 2.20. The lowest BCUT2D eigenvalue weighted by molar-refractivity contribution is -0.117. The van der Waals surface area contributed by atoms with Crippen LogP contribution in [0.2, 0.25) is 0 Å². The van der Waals surface area contributed by atoms with Crippen LogP contribution in [0.25, 0.3) is 6.08 Å². The predicted molar refractivity (Wildman–Crippen MR) is 95.1 cm³/mol. The summed E-state index contributed by atoms with van der Waals surface area (Å²) in [6.45, 7) is 7.73. The molecule has 1 aliphatic heterocycles. The van der Waals surface area contributed by atoms with Gasteiger partial charge in [-0.05, 0) is 42.5 Å².